The van der Waals surface area contributed by atoms with Crippen molar-refractivity contribution in [2.24, 2.45) is 0 Å². The molecule has 3 rings (SSSR count). The van der Waals surface area contributed by atoms with Crippen molar-refractivity contribution in [2.45, 2.75) is 38.1 Å². The van der Waals surface area contributed by atoms with Crippen molar-refractivity contribution >= 4 is 5.69 Å². The smallest absolute Gasteiger partial charge is 0.139 e. The Balaban J connectivity index is 2.00. The molecule has 0 atom stereocenters. The molecule has 15 heavy (non-hydrogen) atoms. The molecule has 0 saturated heterocycles. The first-order valence-electron chi connectivity index (χ1n) is 5.94. The summed E-state index contributed by atoms with van der Waals surface area (Å²) in [6.45, 7) is 1.12. The predicted octanol–water partition coefficient (Wildman–Crippen LogP) is 2.70. The molecule has 2 nitrogen and oxygen atoms in total. The number of rotatable bonds is 1. The second kappa shape index (κ2) is 3.44. The lowest BCUT2D eigenvalue weighted by Crippen LogP contribution is -2.43. The predicted molar refractivity (Wildman–Crippen MR) is 61.4 cm³/mol. The molecule has 0 spiro atoms. The Kier molecular flexibility index (Phi) is 2.08. The van der Waals surface area contributed by atoms with Gasteiger partial charge in [-0.3, -0.25) is 0 Å². The van der Waals surface area contributed by atoms with E-state index in [1.807, 2.05) is 12.1 Å². The minimum atomic E-state index is 0.471. The zero-order chi connectivity index (χ0) is 10.3. The van der Waals surface area contributed by atoms with Crippen LogP contribution in [0.5, 0.6) is 5.75 Å². The van der Waals surface area contributed by atoms with Crippen LogP contribution >= 0.6 is 0 Å². The Labute approximate surface area is 90.5 Å². The molecule has 1 heterocycles. The molecule has 0 bridgehead atoms. The van der Waals surface area contributed by atoms with E-state index in [-0.39, 0.29) is 0 Å². The fourth-order valence-electron chi connectivity index (χ4n) is 2.73. The Morgan fingerprint density at radius 1 is 1.20 bits per heavy atom. The van der Waals surface area contributed by atoms with Gasteiger partial charge in [-0.1, -0.05) is 12.1 Å². The summed E-state index contributed by atoms with van der Waals surface area (Å²) in [7, 11) is 0. The fraction of sp³-hybridized carbons (Fsp3) is 0.538. The highest BCUT2D eigenvalue weighted by atomic mass is 16.3. The summed E-state index contributed by atoms with van der Waals surface area (Å²) in [5.41, 5.74) is 2.45. The maximum Gasteiger partial charge on any atom is 0.139 e. The third-order valence-electron chi connectivity index (χ3n) is 3.75. The third kappa shape index (κ3) is 1.39. The van der Waals surface area contributed by atoms with Crippen molar-refractivity contribution in [3.8, 4) is 5.75 Å². The van der Waals surface area contributed by atoms with Crippen LogP contribution in [0.2, 0.25) is 0 Å². The summed E-state index contributed by atoms with van der Waals surface area (Å²) in [6.07, 6.45) is 6.30. The van der Waals surface area contributed by atoms with E-state index in [4.69, 9.17) is 0 Å². The van der Waals surface area contributed by atoms with Crippen molar-refractivity contribution < 1.29 is 5.11 Å². The molecule has 1 aliphatic carbocycles. The number of hydrogen-bond acceptors (Lipinski definition) is 2. The van der Waals surface area contributed by atoms with Crippen LogP contribution in [0.25, 0.3) is 0 Å². The maximum absolute atomic E-state index is 9.95. The average molecular weight is 203 g/mol. The van der Waals surface area contributed by atoms with Gasteiger partial charge in [-0.25, -0.2) is 0 Å². The number of benzene rings is 1. The molecule has 1 fully saturated rings. The highest BCUT2D eigenvalue weighted by Crippen LogP contribution is 2.40. The second-order valence-corrected chi connectivity index (χ2v) is 4.67. The first-order valence-corrected chi connectivity index (χ1v) is 5.94. The minimum Gasteiger partial charge on any atom is -0.506 e. The third-order valence-corrected chi connectivity index (χ3v) is 3.75. The molecule has 0 amide bonds. The Bertz CT molecular complexity index is 371. The van der Waals surface area contributed by atoms with Crippen molar-refractivity contribution in [3.05, 3.63) is 23.8 Å². The Morgan fingerprint density at radius 3 is 2.80 bits per heavy atom. The number of nitrogens with zero attached hydrogens (tertiary/aromatic N) is 1. The topological polar surface area (TPSA) is 23.5 Å². The molecule has 0 radical (unpaired) electrons. The van der Waals surface area contributed by atoms with Gasteiger partial charge in [0.15, 0.2) is 0 Å². The molecule has 0 aromatic heterocycles. The van der Waals surface area contributed by atoms with E-state index >= 15 is 0 Å². The first kappa shape index (κ1) is 9.08. The van der Waals surface area contributed by atoms with Gasteiger partial charge in [0.05, 0.1) is 5.69 Å². The second-order valence-electron chi connectivity index (χ2n) is 4.67. The van der Waals surface area contributed by atoms with Gasteiger partial charge in [0, 0.05) is 12.6 Å². The van der Waals surface area contributed by atoms with Crippen LogP contribution in [0.1, 0.15) is 31.2 Å². The molecule has 1 aromatic carbocycles. The molecule has 2 heteroatoms. The van der Waals surface area contributed by atoms with Crippen LogP contribution in [0.4, 0.5) is 5.69 Å². The zero-order valence-electron chi connectivity index (χ0n) is 8.95. The van der Waals surface area contributed by atoms with E-state index in [0.29, 0.717) is 11.8 Å². The Morgan fingerprint density at radius 2 is 2.07 bits per heavy atom. The number of aromatic hydroxyl groups is 1. The highest BCUT2D eigenvalue weighted by molar-refractivity contribution is 5.65. The fourth-order valence-corrected chi connectivity index (χ4v) is 2.73. The standard InChI is InChI=1S/C13H17NO/c15-12-8-1-4-10-5-3-9-14(13(10)12)11-6-2-7-11/h1,4,8,11,15H,2-3,5-7,9H2. The van der Waals surface area contributed by atoms with Crippen LogP contribution in [0, 0.1) is 0 Å². The van der Waals surface area contributed by atoms with Crippen molar-refractivity contribution in [2.75, 3.05) is 11.4 Å². The molecular formula is C13H17NO. The van der Waals surface area contributed by atoms with Gasteiger partial charge in [-0.2, -0.15) is 0 Å². The van der Waals surface area contributed by atoms with Crippen LogP contribution < -0.4 is 4.90 Å². The highest BCUT2D eigenvalue weighted by Gasteiger charge is 2.29. The van der Waals surface area contributed by atoms with Crippen molar-refractivity contribution in [3.63, 3.8) is 0 Å². The zero-order valence-corrected chi connectivity index (χ0v) is 8.95. The molecular weight excluding hydrogens is 186 g/mol. The van der Waals surface area contributed by atoms with E-state index in [1.165, 1.54) is 31.2 Å². The number of fused-ring (bicyclic) bond motifs is 1. The average Bonchev–Trinajstić information content (AvgIpc) is 2.15. The van der Waals surface area contributed by atoms with E-state index in [0.717, 1.165) is 18.7 Å². The van der Waals surface area contributed by atoms with Gasteiger partial charge in [0.1, 0.15) is 5.75 Å². The maximum atomic E-state index is 9.95. The Hall–Kier alpha value is -1.18. The normalized spacial score (nSPS) is 20.9. The van der Waals surface area contributed by atoms with Crippen LogP contribution in [0.15, 0.2) is 18.2 Å². The van der Waals surface area contributed by atoms with Gasteiger partial charge in [-0.05, 0) is 43.7 Å². The number of phenols is 1. The largest absolute Gasteiger partial charge is 0.506 e. The lowest BCUT2D eigenvalue weighted by Gasteiger charge is -2.42. The van der Waals surface area contributed by atoms with Gasteiger partial charge in [-0.15, -0.1) is 0 Å². The quantitative estimate of drug-likeness (QED) is 0.758. The summed E-state index contributed by atoms with van der Waals surface area (Å²) in [5.74, 6) is 0.471. The lowest BCUT2D eigenvalue weighted by molar-refractivity contribution is 0.373. The number of hydrogen-bond donors (Lipinski definition) is 1. The van der Waals surface area contributed by atoms with E-state index in [1.54, 1.807) is 0 Å². The summed E-state index contributed by atoms with van der Waals surface area (Å²) in [4.78, 5) is 2.43. The van der Waals surface area contributed by atoms with E-state index in [2.05, 4.69) is 11.0 Å². The van der Waals surface area contributed by atoms with E-state index < -0.39 is 0 Å². The SMILES string of the molecule is Oc1cccc2c1N(C1CCC1)CCC2. The van der Waals surface area contributed by atoms with Crippen LogP contribution in [0.3, 0.4) is 0 Å². The molecule has 80 valence electrons. The van der Waals surface area contributed by atoms with Gasteiger partial charge in [0.2, 0.25) is 0 Å². The molecule has 1 aliphatic heterocycles. The van der Waals surface area contributed by atoms with Crippen molar-refractivity contribution in [1.82, 2.24) is 0 Å². The summed E-state index contributed by atoms with van der Waals surface area (Å²) in [5, 5.41) is 9.95. The summed E-state index contributed by atoms with van der Waals surface area (Å²) in [6, 6.07) is 6.62. The number of para-hydroxylation sites is 1. The molecule has 1 aromatic rings. The number of aryl methyl sites for hydroxylation is 1. The van der Waals surface area contributed by atoms with E-state index in [9.17, 15) is 5.11 Å². The molecule has 2 aliphatic rings. The van der Waals surface area contributed by atoms with Crippen LogP contribution in [-0.4, -0.2) is 17.7 Å². The lowest BCUT2D eigenvalue weighted by atomic mass is 9.88. The van der Waals surface area contributed by atoms with Gasteiger partial charge < -0.3 is 10.0 Å². The first-order chi connectivity index (χ1) is 7.36. The number of phenolic OH excluding ortho intramolecular Hbond substituents is 1. The number of anilines is 1. The minimum absolute atomic E-state index is 0.471. The summed E-state index contributed by atoms with van der Waals surface area (Å²) < 4.78 is 0. The van der Waals surface area contributed by atoms with Gasteiger partial charge >= 0.3 is 0 Å². The summed E-state index contributed by atoms with van der Waals surface area (Å²) >= 11 is 0. The van der Waals surface area contributed by atoms with Gasteiger partial charge in [0.25, 0.3) is 0 Å². The molecule has 1 saturated carbocycles. The molecule has 1 N–H and O–H groups in total. The van der Waals surface area contributed by atoms with Crippen LogP contribution in [-0.2, 0) is 6.42 Å². The molecule has 0 unspecified atom stereocenters. The monoisotopic (exact) mass is 203 g/mol. The van der Waals surface area contributed by atoms with Crippen molar-refractivity contribution in [1.29, 1.82) is 0 Å².